The van der Waals surface area contributed by atoms with Gasteiger partial charge < -0.3 is 9.84 Å². The van der Waals surface area contributed by atoms with Crippen LogP contribution < -0.4 is 9.64 Å². The molecule has 0 saturated carbocycles. The Hall–Kier alpha value is -1.42. The molecule has 0 bridgehead atoms. The van der Waals surface area contributed by atoms with Crippen LogP contribution in [0.25, 0.3) is 0 Å². The van der Waals surface area contributed by atoms with E-state index < -0.39 is 6.09 Å². The summed E-state index contributed by atoms with van der Waals surface area (Å²) in [6, 6.07) is 5.05. The molecule has 0 saturated heterocycles. The molecule has 1 aromatic rings. The maximum absolute atomic E-state index is 11.4. The Morgan fingerprint density at radius 3 is 2.36 bits per heavy atom. The third kappa shape index (κ3) is 6.14. The summed E-state index contributed by atoms with van der Waals surface area (Å²) in [6.45, 7) is 2.69. The molecule has 0 spiro atoms. The topological polar surface area (TPSA) is 49.8 Å². The van der Waals surface area contributed by atoms with Crippen molar-refractivity contribution in [3.05, 3.63) is 23.2 Å². The minimum atomic E-state index is -0.952. The summed E-state index contributed by atoms with van der Waals surface area (Å²) in [6.07, 6.45) is 7.15. The number of ether oxygens (including phenoxy) is 1. The molecule has 0 atom stereocenters. The second-order valence-electron chi connectivity index (χ2n) is 5.37. The number of hydrogen-bond donors (Lipinski definition) is 1. The number of methoxy groups -OCH3 is 1. The Labute approximate surface area is 138 Å². The predicted octanol–water partition coefficient (Wildman–Crippen LogP) is 5.58. The van der Waals surface area contributed by atoms with Crippen molar-refractivity contribution in [3.63, 3.8) is 0 Å². The van der Waals surface area contributed by atoms with Gasteiger partial charge in [0.15, 0.2) is 0 Å². The molecule has 0 heterocycles. The van der Waals surface area contributed by atoms with Crippen LogP contribution in [0.4, 0.5) is 10.5 Å². The van der Waals surface area contributed by atoms with Gasteiger partial charge in [-0.1, -0.05) is 57.0 Å². The molecule has 0 radical (unpaired) electrons. The number of halogens is 1. The van der Waals surface area contributed by atoms with E-state index >= 15 is 0 Å². The van der Waals surface area contributed by atoms with Gasteiger partial charge in [-0.15, -0.1) is 0 Å². The molecule has 22 heavy (non-hydrogen) atoms. The quantitative estimate of drug-likeness (QED) is 0.570. The molecular weight excluding hydrogens is 302 g/mol. The SMILES string of the molecule is CCCCCCCCCN(C(=O)O)c1ccc(OC)c(Cl)c1. The zero-order valence-corrected chi connectivity index (χ0v) is 14.2. The molecule has 1 rings (SSSR count). The maximum atomic E-state index is 11.4. The highest BCUT2D eigenvalue weighted by Gasteiger charge is 2.15. The molecule has 1 amide bonds. The Morgan fingerprint density at radius 2 is 1.82 bits per heavy atom. The van der Waals surface area contributed by atoms with Gasteiger partial charge in [0, 0.05) is 12.2 Å². The summed E-state index contributed by atoms with van der Waals surface area (Å²) in [4.78, 5) is 12.8. The van der Waals surface area contributed by atoms with Crippen molar-refractivity contribution in [2.75, 3.05) is 18.6 Å². The number of nitrogens with zero attached hydrogens (tertiary/aromatic N) is 1. The summed E-state index contributed by atoms with van der Waals surface area (Å²) in [5.41, 5.74) is 0.587. The highest BCUT2D eigenvalue weighted by atomic mass is 35.5. The van der Waals surface area contributed by atoms with E-state index in [9.17, 15) is 9.90 Å². The smallest absolute Gasteiger partial charge is 0.411 e. The molecule has 5 heteroatoms. The molecule has 0 aliphatic heterocycles. The fraction of sp³-hybridized carbons (Fsp3) is 0.588. The lowest BCUT2D eigenvalue weighted by Gasteiger charge is -2.20. The molecule has 0 aromatic heterocycles. The van der Waals surface area contributed by atoms with E-state index in [2.05, 4.69) is 6.92 Å². The largest absolute Gasteiger partial charge is 0.495 e. The van der Waals surface area contributed by atoms with E-state index in [1.54, 1.807) is 18.2 Å². The lowest BCUT2D eigenvalue weighted by molar-refractivity contribution is 0.201. The molecule has 4 nitrogen and oxygen atoms in total. The Kier molecular flexibility index (Phi) is 8.75. The van der Waals surface area contributed by atoms with E-state index in [1.165, 1.54) is 37.7 Å². The molecule has 0 unspecified atom stereocenters. The van der Waals surface area contributed by atoms with Gasteiger partial charge in [0.05, 0.1) is 12.1 Å². The first kappa shape index (κ1) is 18.6. The lowest BCUT2D eigenvalue weighted by Crippen LogP contribution is -2.30. The second-order valence-corrected chi connectivity index (χ2v) is 5.78. The van der Waals surface area contributed by atoms with Crippen molar-refractivity contribution in [1.82, 2.24) is 0 Å². The van der Waals surface area contributed by atoms with Crippen molar-refractivity contribution in [1.29, 1.82) is 0 Å². The Balaban J connectivity index is 2.49. The van der Waals surface area contributed by atoms with Gasteiger partial charge in [-0.25, -0.2) is 4.79 Å². The number of rotatable bonds is 10. The van der Waals surface area contributed by atoms with Crippen LogP contribution >= 0.6 is 11.6 Å². The van der Waals surface area contributed by atoms with Crippen molar-refractivity contribution in [3.8, 4) is 5.75 Å². The fourth-order valence-electron chi connectivity index (χ4n) is 2.39. The first-order valence-corrected chi connectivity index (χ1v) is 8.32. The number of unbranched alkanes of at least 4 members (excludes halogenated alkanes) is 6. The van der Waals surface area contributed by atoms with Gasteiger partial charge in [-0.2, -0.15) is 0 Å². The summed E-state index contributed by atoms with van der Waals surface area (Å²) in [5.74, 6) is 0.548. The summed E-state index contributed by atoms with van der Waals surface area (Å²) < 4.78 is 5.09. The standard InChI is InChI=1S/C17H26ClNO3/c1-3-4-5-6-7-8-9-12-19(17(20)21)14-10-11-16(22-2)15(18)13-14/h10-11,13H,3-9,12H2,1-2H3,(H,20,21). The van der Waals surface area contributed by atoms with Gasteiger partial charge in [0.25, 0.3) is 0 Å². The van der Waals surface area contributed by atoms with Crippen LogP contribution in [0.1, 0.15) is 51.9 Å². The summed E-state index contributed by atoms with van der Waals surface area (Å²) in [7, 11) is 1.54. The third-order valence-corrected chi connectivity index (χ3v) is 3.96. The van der Waals surface area contributed by atoms with E-state index in [0.717, 1.165) is 19.3 Å². The van der Waals surface area contributed by atoms with Crippen LogP contribution in [-0.4, -0.2) is 24.9 Å². The molecule has 0 aliphatic carbocycles. The van der Waals surface area contributed by atoms with Crippen LogP contribution in [0.2, 0.25) is 5.02 Å². The first-order valence-electron chi connectivity index (χ1n) is 7.94. The molecule has 1 N–H and O–H groups in total. The second kappa shape index (κ2) is 10.3. The van der Waals surface area contributed by atoms with E-state index in [0.29, 0.717) is 23.0 Å². The highest BCUT2D eigenvalue weighted by Crippen LogP contribution is 2.29. The molecule has 0 aliphatic rings. The molecule has 124 valence electrons. The summed E-state index contributed by atoms with van der Waals surface area (Å²) >= 11 is 6.07. The van der Waals surface area contributed by atoms with E-state index in [-0.39, 0.29) is 0 Å². The van der Waals surface area contributed by atoms with Crippen LogP contribution in [-0.2, 0) is 0 Å². The van der Waals surface area contributed by atoms with Gasteiger partial charge in [0.1, 0.15) is 5.75 Å². The van der Waals surface area contributed by atoms with Gasteiger partial charge in [-0.05, 0) is 24.6 Å². The molecule has 1 aromatic carbocycles. The normalized spacial score (nSPS) is 10.5. The van der Waals surface area contributed by atoms with E-state index in [1.807, 2.05) is 0 Å². The molecule has 0 fully saturated rings. The van der Waals surface area contributed by atoms with Crippen LogP contribution in [0.3, 0.4) is 0 Å². The minimum absolute atomic E-state index is 0.422. The van der Waals surface area contributed by atoms with Crippen LogP contribution in [0.5, 0.6) is 5.75 Å². The maximum Gasteiger partial charge on any atom is 0.411 e. The van der Waals surface area contributed by atoms with Gasteiger partial charge in [0.2, 0.25) is 0 Å². The first-order chi connectivity index (χ1) is 10.6. The van der Waals surface area contributed by atoms with Crippen LogP contribution in [0.15, 0.2) is 18.2 Å². The number of benzene rings is 1. The Bertz CT molecular complexity index is 465. The number of amides is 1. The Morgan fingerprint density at radius 1 is 1.18 bits per heavy atom. The van der Waals surface area contributed by atoms with Crippen molar-refractivity contribution >= 4 is 23.4 Å². The molecular formula is C17H26ClNO3. The van der Waals surface area contributed by atoms with Gasteiger partial charge >= 0.3 is 6.09 Å². The number of carbonyl (C=O) groups is 1. The average molecular weight is 328 g/mol. The van der Waals surface area contributed by atoms with Crippen molar-refractivity contribution in [2.24, 2.45) is 0 Å². The van der Waals surface area contributed by atoms with E-state index in [4.69, 9.17) is 16.3 Å². The summed E-state index contributed by atoms with van der Waals surface area (Å²) in [5, 5.41) is 9.79. The lowest BCUT2D eigenvalue weighted by atomic mass is 10.1. The van der Waals surface area contributed by atoms with Crippen molar-refractivity contribution < 1.29 is 14.6 Å². The fourth-order valence-corrected chi connectivity index (χ4v) is 2.64. The number of anilines is 1. The van der Waals surface area contributed by atoms with Gasteiger partial charge in [-0.3, -0.25) is 4.90 Å². The highest BCUT2D eigenvalue weighted by molar-refractivity contribution is 6.32. The number of carboxylic acid groups (broad SMARTS) is 1. The minimum Gasteiger partial charge on any atom is -0.495 e. The zero-order chi connectivity index (χ0) is 16.4. The van der Waals surface area contributed by atoms with Crippen LogP contribution in [0, 0.1) is 0 Å². The average Bonchev–Trinajstić information content (AvgIpc) is 2.49. The van der Waals surface area contributed by atoms with Crippen molar-refractivity contribution in [2.45, 2.75) is 51.9 Å². The third-order valence-electron chi connectivity index (χ3n) is 3.66. The zero-order valence-electron chi connectivity index (χ0n) is 13.5. The number of hydrogen-bond acceptors (Lipinski definition) is 2. The monoisotopic (exact) mass is 327 g/mol. The predicted molar refractivity (Wildman–Crippen MR) is 91.4 cm³/mol.